The average Bonchev–Trinajstić information content (AvgIpc) is 2.91. The number of hydrogen-bond acceptors (Lipinski definition) is 5. The first-order valence-electron chi connectivity index (χ1n) is 6.08. The molecule has 1 aromatic heterocycles. The molecule has 0 radical (unpaired) electrons. The highest BCUT2D eigenvalue weighted by Gasteiger charge is 2.02. The number of aryl methyl sites for hydroxylation is 1. The van der Waals surface area contributed by atoms with E-state index in [1.54, 1.807) is 18.0 Å². The second-order valence-corrected chi connectivity index (χ2v) is 3.98. The summed E-state index contributed by atoms with van der Waals surface area (Å²) in [5.41, 5.74) is 0.712. The number of methoxy groups -OCH3 is 1. The molecule has 0 unspecified atom stereocenters. The van der Waals surface area contributed by atoms with E-state index in [1.807, 2.05) is 24.3 Å². The standard InChI is InChI=1S/C13H17N3O3/c1-18-12-3-5-13(6-4-12)19-8-2-7-16-11(10-17)9-14-15-16/h3-6,9,17H,2,7-8,10H2,1H3. The Labute approximate surface area is 111 Å². The Kier molecular flexibility index (Phi) is 4.74. The van der Waals surface area contributed by atoms with E-state index < -0.39 is 0 Å². The van der Waals surface area contributed by atoms with E-state index in [-0.39, 0.29) is 6.61 Å². The molecule has 1 N–H and O–H groups in total. The molecule has 1 heterocycles. The fourth-order valence-corrected chi connectivity index (χ4v) is 1.67. The number of nitrogens with zero attached hydrogens (tertiary/aromatic N) is 3. The normalized spacial score (nSPS) is 10.4. The van der Waals surface area contributed by atoms with Gasteiger partial charge in [-0.1, -0.05) is 5.21 Å². The third-order valence-electron chi connectivity index (χ3n) is 2.70. The second-order valence-electron chi connectivity index (χ2n) is 3.98. The molecule has 0 spiro atoms. The van der Waals surface area contributed by atoms with Gasteiger partial charge in [0, 0.05) is 13.0 Å². The first kappa shape index (κ1) is 13.4. The molecule has 0 fully saturated rings. The Bertz CT molecular complexity index is 496. The molecule has 2 rings (SSSR count). The highest BCUT2D eigenvalue weighted by molar-refractivity contribution is 5.31. The van der Waals surface area contributed by atoms with Gasteiger partial charge >= 0.3 is 0 Å². The number of hydrogen-bond donors (Lipinski definition) is 1. The van der Waals surface area contributed by atoms with Crippen molar-refractivity contribution in [3.63, 3.8) is 0 Å². The van der Waals surface area contributed by atoms with E-state index in [4.69, 9.17) is 14.6 Å². The van der Waals surface area contributed by atoms with Crippen LogP contribution in [0.1, 0.15) is 12.1 Å². The smallest absolute Gasteiger partial charge is 0.119 e. The van der Waals surface area contributed by atoms with Crippen molar-refractivity contribution in [3.05, 3.63) is 36.2 Å². The van der Waals surface area contributed by atoms with Gasteiger partial charge < -0.3 is 14.6 Å². The summed E-state index contributed by atoms with van der Waals surface area (Å²) in [6.45, 7) is 1.20. The van der Waals surface area contributed by atoms with Crippen molar-refractivity contribution in [1.82, 2.24) is 15.0 Å². The molecular weight excluding hydrogens is 246 g/mol. The second kappa shape index (κ2) is 6.75. The van der Waals surface area contributed by atoms with Crippen LogP contribution < -0.4 is 9.47 Å². The van der Waals surface area contributed by atoms with Crippen LogP contribution in [0.5, 0.6) is 11.5 Å². The van der Waals surface area contributed by atoms with Crippen LogP contribution in [0.2, 0.25) is 0 Å². The van der Waals surface area contributed by atoms with Gasteiger partial charge in [-0.05, 0) is 24.3 Å². The van der Waals surface area contributed by atoms with Gasteiger partial charge in [0.2, 0.25) is 0 Å². The average molecular weight is 263 g/mol. The van der Waals surface area contributed by atoms with Crippen molar-refractivity contribution in [2.75, 3.05) is 13.7 Å². The van der Waals surface area contributed by atoms with Crippen LogP contribution in [0.4, 0.5) is 0 Å². The summed E-state index contributed by atoms with van der Waals surface area (Å²) in [6.07, 6.45) is 2.35. The van der Waals surface area contributed by atoms with Crippen LogP contribution >= 0.6 is 0 Å². The molecule has 0 bridgehead atoms. The lowest BCUT2D eigenvalue weighted by molar-refractivity contribution is 0.260. The molecule has 0 aliphatic rings. The Hall–Kier alpha value is -2.08. The van der Waals surface area contributed by atoms with Crippen LogP contribution in [-0.2, 0) is 13.2 Å². The van der Waals surface area contributed by atoms with Crippen molar-refractivity contribution in [2.24, 2.45) is 0 Å². The van der Waals surface area contributed by atoms with Gasteiger partial charge in [0.1, 0.15) is 11.5 Å². The molecule has 102 valence electrons. The topological polar surface area (TPSA) is 69.4 Å². The highest BCUT2D eigenvalue weighted by Crippen LogP contribution is 2.17. The molecule has 6 heteroatoms. The predicted octanol–water partition coefficient (Wildman–Crippen LogP) is 1.25. The summed E-state index contributed by atoms with van der Waals surface area (Å²) >= 11 is 0. The summed E-state index contributed by atoms with van der Waals surface area (Å²) in [5, 5.41) is 16.7. The molecule has 6 nitrogen and oxygen atoms in total. The largest absolute Gasteiger partial charge is 0.497 e. The lowest BCUT2D eigenvalue weighted by Crippen LogP contribution is -2.09. The molecule has 0 amide bonds. The summed E-state index contributed by atoms with van der Waals surface area (Å²) < 4.78 is 12.3. The van der Waals surface area contributed by atoms with E-state index in [2.05, 4.69) is 10.3 Å². The van der Waals surface area contributed by atoms with Crippen LogP contribution in [0, 0.1) is 0 Å². The van der Waals surface area contributed by atoms with E-state index in [0.717, 1.165) is 17.9 Å². The Morgan fingerprint density at radius 3 is 2.63 bits per heavy atom. The third-order valence-corrected chi connectivity index (χ3v) is 2.70. The summed E-state index contributed by atoms with van der Waals surface area (Å²) in [6, 6.07) is 7.45. The van der Waals surface area contributed by atoms with Gasteiger partial charge in [0.15, 0.2) is 0 Å². The fourth-order valence-electron chi connectivity index (χ4n) is 1.67. The zero-order chi connectivity index (χ0) is 13.5. The minimum absolute atomic E-state index is 0.0493. The van der Waals surface area contributed by atoms with Crippen LogP contribution in [-0.4, -0.2) is 33.8 Å². The maximum absolute atomic E-state index is 9.05. The summed E-state index contributed by atoms with van der Waals surface area (Å²) in [7, 11) is 1.63. The number of aliphatic hydroxyl groups is 1. The fraction of sp³-hybridized carbons (Fsp3) is 0.385. The molecule has 0 saturated heterocycles. The molecule has 0 aliphatic heterocycles. The molecule has 2 aromatic rings. The van der Waals surface area contributed by atoms with E-state index >= 15 is 0 Å². The van der Waals surface area contributed by atoms with Gasteiger partial charge in [-0.15, -0.1) is 5.10 Å². The highest BCUT2D eigenvalue weighted by atomic mass is 16.5. The van der Waals surface area contributed by atoms with Crippen molar-refractivity contribution in [1.29, 1.82) is 0 Å². The zero-order valence-electron chi connectivity index (χ0n) is 10.8. The first-order chi connectivity index (χ1) is 9.33. The van der Waals surface area contributed by atoms with Crippen molar-refractivity contribution >= 4 is 0 Å². The monoisotopic (exact) mass is 263 g/mol. The van der Waals surface area contributed by atoms with Gasteiger partial charge in [-0.3, -0.25) is 0 Å². The maximum atomic E-state index is 9.05. The van der Waals surface area contributed by atoms with Crippen molar-refractivity contribution in [2.45, 2.75) is 19.6 Å². The van der Waals surface area contributed by atoms with Crippen LogP contribution in [0.15, 0.2) is 30.5 Å². The number of ether oxygens (including phenoxy) is 2. The maximum Gasteiger partial charge on any atom is 0.119 e. The van der Waals surface area contributed by atoms with E-state index in [1.165, 1.54) is 0 Å². The lowest BCUT2D eigenvalue weighted by Gasteiger charge is -2.07. The summed E-state index contributed by atoms with van der Waals surface area (Å²) in [5.74, 6) is 1.62. The van der Waals surface area contributed by atoms with Crippen LogP contribution in [0.25, 0.3) is 0 Å². The number of aromatic nitrogens is 3. The Morgan fingerprint density at radius 2 is 1.95 bits per heavy atom. The summed E-state index contributed by atoms with van der Waals surface area (Å²) in [4.78, 5) is 0. The van der Waals surface area contributed by atoms with Gasteiger partial charge in [0.05, 0.1) is 32.2 Å². The zero-order valence-corrected chi connectivity index (χ0v) is 10.8. The molecular formula is C13H17N3O3. The van der Waals surface area contributed by atoms with E-state index in [9.17, 15) is 0 Å². The van der Waals surface area contributed by atoms with Crippen molar-refractivity contribution < 1.29 is 14.6 Å². The minimum Gasteiger partial charge on any atom is -0.497 e. The first-order valence-corrected chi connectivity index (χ1v) is 6.08. The lowest BCUT2D eigenvalue weighted by atomic mass is 10.3. The number of rotatable bonds is 7. The van der Waals surface area contributed by atoms with Gasteiger partial charge in [-0.2, -0.15) is 0 Å². The molecule has 0 saturated carbocycles. The Balaban J connectivity index is 1.74. The van der Waals surface area contributed by atoms with E-state index in [0.29, 0.717) is 18.8 Å². The quantitative estimate of drug-likeness (QED) is 0.761. The number of aliphatic hydroxyl groups excluding tert-OH is 1. The van der Waals surface area contributed by atoms with Gasteiger partial charge in [0.25, 0.3) is 0 Å². The van der Waals surface area contributed by atoms with Crippen LogP contribution in [0.3, 0.4) is 0 Å². The minimum atomic E-state index is -0.0493. The van der Waals surface area contributed by atoms with Gasteiger partial charge in [-0.25, -0.2) is 4.68 Å². The predicted molar refractivity (Wildman–Crippen MR) is 69.1 cm³/mol. The molecule has 0 atom stereocenters. The molecule has 19 heavy (non-hydrogen) atoms. The molecule has 1 aromatic carbocycles. The Morgan fingerprint density at radius 1 is 1.21 bits per heavy atom. The number of benzene rings is 1. The van der Waals surface area contributed by atoms with Crippen molar-refractivity contribution in [3.8, 4) is 11.5 Å². The third kappa shape index (κ3) is 3.69. The SMILES string of the molecule is COc1ccc(OCCCn2nncc2CO)cc1. The molecule has 0 aliphatic carbocycles.